The van der Waals surface area contributed by atoms with Gasteiger partial charge in [0.25, 0.3) is 5.91 Å². The Morgan fingerprint density at radius 2 is 1.86 bits per heavy atom. The molecule has 0 aromatic heterocycles. The molecule has 154 valence electrons. The molecule has 2 aromatic carbocycles. The normalized spacial score (nSPS) is 18.8. The van der Waals surface area contributed by atoms with Gasteiger partial charge >= 0.3 is 0 Å². The number of aliphatic hydroxyl groups is 1. The topological polar surface area (TPSA) is 88.0 Å². The number of para-hydroxylation sites is 2. The van der Waals surface area contributed by atoms with Gasteiger partial charge in [-0.2, -0.15) is 0 Å². The van der Waals surface area contributed by atoms with Gasteiger partial charge in [0.15, 0.2) is 5.76 Å². The summed E-state index contributed by atoms with van der Waals surface area (Å²) < 4.78 is 11.7. The van der Waals surface area contributed by atoms with Crippen molar-refractivity contribution in [1.82, 2.24) is 0 Å². The molecule has 29 heavy (non-hydrogen) atoms. The van der Waals surface area contributed by atoms with E-state index in [-0.39, 0.29) is 24.0 Å². The molecule has 6 nitrogen and oxygen atoms in total. The number of aliphatic hydroxyl groups excluding tert-OH is 1. The number of benzene rings is 2. The van der Waals surface area contributed by atoms with E-state index in [1.54, 1.807) is 18.2 Å². The second-order valence-corrected chi connectivity index (χ2v) is 7.48. The molecule has 0 saturated heterocycles. The van der Waals surface area contributed by atoms with E-state index in [4.69, 9.17) is 14.6 Å². The fraction of sp³-hybridized carbons (Fsp3) is 0.348. The van der Waals surface area contributed by atoms with Crippen LogP contribution in [0.25, 0.3) is 0 Å². The van der Waals surface area contributed by atoms with Crippen LogP contribution in [0.3, 0.4) is 0 Å². The minimum Gasteiger partial charge on any atom is -0.506 e. The van der Waals surface area contributed by atoms with E-state index in [0.717, 1.165) is 11.1 Å². The number of aromatic hydroxyl groups is 1. The number of anilines is 1. The van der Waals surface area contributed by atoms with Gasteiger partial charge in [-0.05, 0) is 41.2 Å². The van der Waals surface area contributed by atoms with E-state index in [0.29, 0.717) is 24.6 Å². The number of hydrogen-bond donors (Lipinski definition) is 3. The van der Waals surface area contributed by atoms with Crippen LogP contribution in [-0.4, -0.2) is 22.4 Å². The van der Waals surface area contributed by atoms with Crippen molar-refractivity contribution in [3.05, 3.63) is 71.5 Å². The monoisotopic (exact) mass is 397 g/mol. The molecule has 1 aliphatic rings. The van der Waals surface area contributed by atoms with Crippen LogP contribution in [0.15, 0.2) is 60.4 Å². The number of nitrogens with one attached hydrogen (secondary N) is 1. The van der Waals surface area contributed by atoms with Gasteiger partial charge in [-0.25, -0.2) is 0 Å². The molecule has 0 radical (unpaired) electrons. The first-order chi connectivity index (χ1) is 14.0. The Morgan fingerprint density at radius 1 is 1.17 bits per heavy atom. The van der Waals surface area contributed by atoms with Crippen molar-refractivity contribution < 1.29 is 24.5 Å². The predicted octanol–water partition coefficient (Wildman–Crippen LogP) is 3.94. The van der Waals surface area contributed by atoms with Crippen LogP contribution in [0.1, 0.15) is 31.4 Å². The molecule has 6 heteroatoms. The fourth-order valence-corrected chi connectivity index (χ4v) is 3.10. The first-order valence-corrected chi connectivity index (χ1v) is 9.74. The third-order valence-electron chi connectivity index (χ3n) is 4.96. The number of hydrogen-bond acceptors (Lipinski definition) is 5. The van der Waals surface area contributed by atoms with E-state index < -0.39 is 12.2 Å². The van der Waals surface area contributed by atoms with Crippen LogP contribution in [0, 0.1) is 11.8 Å². The average Bonchev–Trinajstić information content (AvgIpc) is 2.74. The van der Waals surface area contributed by atoms with Gasteiger partial charge in [-0.1, -0.05) is 50.2 Å². The molecule has 3 N–H and O–H groups in total. The fourth-order valence-electron chi connectivity index (χ4n) is 3.10. The van der Waals surface area contributed by atoms with Crippen LogP contribution in [0.5, 0.6) is 5.75 Å². The molecule has 0 bridgehead atoms. The number of ether oxygens (including phenoxy) is 2. The lowest BCUT2D eigenvalue weighted by atomic mass is 9.90. The maximum Gasteiger partial charge on any atom is 0.290 e. The molecule has 0 saturated carbocycles. The van der Waals surface area contributed by atoms with Crippen LogP contribution in [0.4, 0.5) is 5.69 Å². The van der Waals surface area contributed by atoms with Crippen molar-refractivity contribution in [2.75, 3.05) is 5.32 Å². The molecule has 1 amide bonds. The molecular weight excluding hydrogens is 370 g/mol. The van der Waals surface area contributed by atoms with E-state index in [1.807, 2.05) is 30.3 Å². The van der Waals surface area contributed by atoms with Crippen molar-refractivity contribution in [3.8, 4) is 5.75 Å². The third-order valence-corrected chi connectivity index (χ3v) is 4.96. The molecule has 0 spiro atoms. The van der Waals surface area contributed by atoms with Crippen LogP contribution >= 0.6 is 0 Å². The highest BCUT2D eigenvalue weighted by Crippen LogP contribution is 2.30. The van der Waals surface area contributed by atoms with Crippen LogP contribution < -0.4 is 5.32 Å². The first kappa shape index (κ1) is 20.9. The second kappa shape index (κ2) is 9.58. The Balaban J connectivity index is 1.66. The summed E-state index contributed by atoms with van der Waals surface area (Å²) in [6, 6.07) is 14.1. The average molecular weight is 397 g/mol. The van der Waals surface area contributed by atoms with Gasteiger partial charge in [-0.15, -0.1) is 0 Å². The van der Waals surface area contributed by atoms with Gasteiger partial charge in [-0.3, -0.25) is 4.79 Å². The summed E-state index contributed by atoms with van der Waals surface area (Å²) in [6.07, 6.45) is 1.94. The minimum absolute atomic E-state index is 0.00297. The summed E-state index contributed by atoms with van der Waals surface area (Å²) in [7, 11) is 0. The van der Waals surface area contributed by atoms with Gasteiger partial charge < -0.3 is 25.0 Å². The van der Waals surface area contributed by atoms with Crippen molar-refractivity contribution in [2.45, 2.75) is 39.8 Å². The highest BCUT2D eigenvalue weighted by Gasteiger charge is 2.29. The number of carbonyl (C=O) groups is 1. The van der Waals surface area contributed by atoms with E-state index in [9.17, 15) is 9.90 Å². The Kier molecular flexibility index (Phi) is 6.90. The quantitative estimate of drug-likeness (QED) is 0.616. The summed E-state index contributed by atoms with van der Waals surface area (Å²) in [5.41, 5.74) is 2.13. The summed E-state index contributed by atoms with van der Waals surface area (Å²) in [5, 5.41) is 21.7. The lowest BCUT2D eigenvalue weighted by Crippen LogP contribution is -2.31. The zero-order valence-corrected chi connectivity index (χ0v) is 16.7. The molecule has 2 unspecified atom stereocenters. The zero-order chi connectivity index (χ0) is 20.8. The van der Waals surface area contributed by atoms with Crippen molar-refractivity contribution in [3.63, 3.8) is 0 Å². The largest absolute Gasteiger partial charge is 0.506 e. The lowest BCUT2D eigenvalue weighted by Gasteiger charge is -2.31. The van der Waals surface area contributed by atoms with E-state index >= 15 is 0 Å². The highest BCUT2D eigenvalue weighted by molar-refractivity contribution is 6.03. The zero-order valence-electron chi connectivity index (χ0n) is 16.7. The Hall–Kier alpha value is -2.83. The van der Waals surface area contributed by atoms with Crippen LogP contribution in [-0.2, 0) is 27.5 Å². The highest BCUT2D eigenvalue weighted by atomic mass is 16.7. The number of carbonyl (C=O) groups excluding carboxylic acids is 1. The van der Waals surface area contributed by atoms with Gasteiger partial charge in [0.1, 0.15) is 5.75 Å². The summed E-state index contributed by atoms with van der Waals surface area (Å²) in [6.45, 7) is 4.53. The smallest absolute Gasteiger partial charge is 0.290 e. The minimum atomic E-state index is -0.546. The molecule has 1 heterocycles. The van der Waals surface area contributed by atoms with E-state index in [1.165, 1.54) is 6.07 Å². The number of rotatable bonds is 7. The number of phenols is 1. The molecule has 0 aliphatic carbocycles. The van der Waals surface area contributed by atoms with E-state index in [2.05, 4.69) is 19.2 Å². The molecule has 0 fully saturated rings. The molecular formula is C23H27NO5. The SMILES string of the molecule is CC(C)C1C=C(C(=O)Nc2ccccc2O)OC(OCc2ccc(CO)cc2)C1. The maximum absolute atomic E-state index is 12.7. The maximum atomic E-state index is 12.7. The Morgan fingerprint density at radius 3 is 2.52 bits per heavy atom. The van der Waals surface area contributed by atoms with Gasteiger partial charge in [0, 0.05) is 6.42 Å². The first-order valence-electron chi connectivity index (χ1n) is 9.74. The predicted molar refractivity (Wildman–Crippen MR) is 110 cm³/mol. The molecule has 3 rings (SSSR count). The molecule has 1 aliphatic heterocycles. The third kappa shape index (κ3) is 5.59. The summed E-state index contributed by atoms with van der Waals surface area (Å²) >= 11 is 0. The number of phenolic OH excluding ortho intramolecular Hbond substituents is 1. The molecule has 2 atom stereocenters. The molecule has 2 aromatic rings. The van der Waals surface area contributed by atoms with Gasteiger partial charge in [0.05, 0.1) is 18.9 Å². The Labute approximate surface area is 170 Å². The van der Waals surface area contributed by atoms with Crippen LogP contribution in [0.2, 0.25) is 0 Å². The van der Waals surface area contributed by atoms with Crippen molar-refractivity contribution in [1.29, 1.82) is 0 Å². The number of amides is 1. The van der Waals surface area contributed by atoms with Crippen molar-refractivity contribution >= 4 is 11.6 Å². The summed E-state index contributed by atoms with van der Waals surface area (Å²) in [5.74, 6) is 0.228. The van der Waals surface area contributed by atoms with Crippen molar-refractivity contribution in [2.24, 2.45) is 11.8 Å². The van der Waals surface area contributed by atoms with Gasteiger partial charge in [0.2, 0.25) is 6.29 Å². The standard InChI is InChI=1S/C23H27NO5/c1-15(2)18-11-21(23(27)24-19-5-3-4-6-20(19)26)29-22(12-18)28-14-17-9-7-16(13-25)8-10-17/h3-11,15,18,22,25-26H,12-14H2,1-2H3,(H,24,27). The Bertz CT molecular complexity index is 860. The lowest BCUT2D eigenvalue weighted by molar-refractivity contribution is -0.152. The summed E-state index contributed by atoms with van der Waals surface area (Å²) in [4.78, 5) is 12.7. The number of allylic oxidation sites excluding steroid dienone is 1. The second-order valence-electron chi connectivity index (χ2n) is 7.48.